The van der Waals surface area contributed by atoms with Gasteiger partial charge in [-0.1, -0.05) is 0 Å². The minimum Gasteiger partial charge on any atom is -0.444 e. The van der Waals surface area contributed by atoms with Gasteiger partial charge in [0.15, 0.2) is 0 Å². The Morgan fingerprint density at radius 3 is 2.59 bits per heavy atom. The molecule has 0 aromatic heterocycles. The Morgan fingerprint density at radius 2 is 2.00 bits per heavy atom. The average molecular weight is 321 g/mol. The molecule has 1 aliphatic rings. The fourth-order valence-electron chi connectivity index (χ4n) is 2.48. The smallest absolute Gasteiger partial charge is 0.407 e. The Balaban J connectivity index is 2.21. The number of alkyl halides is 2. The minimum absolute atomic E-state index is 0.411. The normalized spacial score (nSPS) is 20.7. The van der Waals surface area contributed by atoms with Crippen LogP contribution < -0.4 is 10.6 Å². The lowest BCUT2D eigenvalue weighted by atomic mass is 9.98. The van der Waals surface area contributed by atoms with Gasteiger partial charge in [0.05, 0.1) is 13.1 Å². The molecular formula is C15H29F2N3O2. The van der Waals surface area contributed by atoms with Gasteiger partial charge in [-0.05, 0) is 59.7 Å². The van der Waals surface area contributed by atoms with Gasteiger partial charge in [-0.3, -0.25) is 0 Å². The Bertz CT molecular complexity index is 359. The van der Waals surface area contributed by atoms with E-state index in [0.717, 1.165) is 25.9 Å². The largest absolute Gasteiger partial charge is 0.444 e. The molecular weight excluding hydrogens is 292 g/mol. The van der Waals surface area contributed by atoms with Crippen LogP contribution in [0.5, 0.6) is 0 Å². The Labute approximate surface area is 131 Å². The van der Waals surface area contributed by atoms with E-state index < -0.39 is 30.7 Å². The SMILES string of the molecule is CN1CCCC(CNCC(F)(F)CNC(=O)OC(C)(C)C)C1. The van der Waals surface area contributed by atoms with Crippen molar-refractivity contribution in [1.82, 2.24) is 15.5 Å². The lowest BCUT2D eigenvalue weighted by Gasteiger charge is -2.30. The number of hydrogen-bond donors (Lipinski definition) is 2. The van der Waals surface area contributed by atoms with Crippen LogP contribution in [0.1, 0.15) is 33.6 Å². The molecule has 0 aliphatic carbocycles. The second kappa shape index (κ2) is 8.06. The van der Waals surface area contributed by atoms with E-state index in [2.05, 4.69) is 15.5 Å². The topological polar surface area (TPSA) is 53.6 Å². The summed E-state index contributed by atoms with van der Waals surface area (Å²) in [4.78, 5) is 13.6. The average Bonchev–Trinajstić information content (AvgIpc) is 2.34. The predicted octanol–water partition coefficient (Wildman–Crippen LogP) is 2.08. The zero-order valence-electron chi connectivity index (χ0n) is 14.0. The van der Waals surface area contributed by atoms with Crippen LogP contribution in [-0.2, 0) is 4.74 Å². The molecule has 1 fully saturated rings. The first-order chi connectivity index (χ1) is 10.1. The van der Waals surface area contributed by atoms with Gasteiger partial charge < -0.3 is 20.3 Å². The van der Waals surface area contributed by atoms with Crippen molar-refractivity contribution in [1.29, 1.82) is 0 Å². The van der Waals surface area contributed by atoms with Gasteiger partial charge in [0.2, 0.25) is 0 Å². The number of nitrogens with one attached hydrogen (secondary N) is 2. The molecule has 1 heterocycles. The van der Waals surface area contributed by atoms with E-state index in [9.17, 15) is 13.6 Å². The van der Waals surface area contributed by atoms with E-state index in [1.165, 1.54) is 0 Å². The number of nitrogens with zero attached hydrogens (tertiary/aromatic N) is 1. The van der Waals surface area contributed by atoms with Crippen molar-refractivity contribution in [2.24, 2.45) is 5.92 Å². The quantitative estimate of drug-likeness (QED) is 0.786. The van der Waals surface area contributed by atoms with Crippen LogP contribution in [-0.4, -0.2) is 62.3 Å². The zero-order valence-corrected chi connectivity index (χ0v) is 14.0. The first-order valence-corrected chi connectivity index (χ1v) is 7.81. The molecule has 130 valence electrons. The maximum Gasteiger partial charge on any atom is 0.407 e. The Morgan fingerprint density at radius 1 is 1.32 bits per heavy atom. The van der Waals surface area contributed by atoms with E-state index in [0.29, 0.717) is 12.5 Å². The van der Waals surface area contributed by atoms with Gasteiger partial charge in [0.1, 0.15) is 5.60 Å². The summed E-state index contributed by atoms with van der Waals surface area (Å²) in [7, 11) is 2.05. The number of rotatable bonds is 6. The maximum atomic E-state index is 13.7. The highest BCUT2D eigenvalue weighted by atomic mass is 19.3. The predicted molar refractivity (Wildman–Crippen MR) is 82.3 cm³/mol. The van der Waals surface area contributed by atoms with Crippen LogP contribution in [0.4, 0.5) is 13.6 Å². The molecule has 7 heteroatoms. The van der Waals surface area contributed by atoms with E-state index in [4.69, 9.17) is 4.74 Å². The lowest BCUT2D eigenvalue weighted by Crippen LogP contribution is -2.46. The highest BCUT2D eigenvalue weighted by molar-refractivity contribution is 5.67. The maximum absolute atomic E-state index is 13.7. The minimum atomic E-state index is -2.99. The Kier molecular flexibility index (Phi) is 6.99. The number of amides is 1. The molecule has 0 aromatic carbocycles. The third-order valence-electron chi connectivity index (χ3n) is 3.43. The molecule has 2 N–H and O–H groups in total. The number of carbonyl (C=O) groups excluding carboxylic acids is 1. The number of ether oxygens (including phenoxy) is 1. The van der Waals surface area contributed by atoms with Gasteiger partial charge in [0.25, 0.3) is 5.92 Å². The second-order valence-corrected chi connectivity index (χ2v) is 7.11. The highest BCUT2D eigenvalue weighted by Crippen LogP contribution is 2.15. The second-order valence-electron chi connectivity index (χ2n) is 7.11. The lowest BCUT2D eigenvalue weighted by molar-refractivity contribution is -0.00457. The summed E-state index contributed by atoms with van der Waals surface area (Å²) in [6.45, 7) is 6.49. The third kappa shape index (κ3) is 8.48. The number of carbonyl (C=O) groups is 1. The molecule has 22 heavy (non-hydrogen) atoms. The molecule has 1 rings (SSSR count). The molecule has 0 bridgehead atoms. The van der Waals surface area contributed by atoms with Crippen molar-refractivity contribution in [3.05, 3.63) is 0 Å². The van der Waals surface area contributed by atoms with Crippen LogP contribution >= 0.6 is 0 Å². The first kappa shape index (κ1) is 19.1. The van der Waals surface area contributed by atoms with Crippen molar-refractivity contribution in [2.45, 2.75) is 45.1 Å². The van der Waals surface area contributed by atoms with Crippen molar-refractivity contribution < 1.29 is 18.3 Å². The van der Waals surface area contributed by atoms with Crippen LogP contribution in [0, 0.1) is 5.92 Å². The van der Waals surface area contributed by atoms with Crippen LogP contribution in [0.15, 0.2) is 0 Å². The number of likely N-dealkylation sites (tertiary alicyclic amines) is 1. The standard InChI is InChI=1S/C15H29F2N3O2/c1-14(2,3)22-13(21)19-11-15(16,17)10-18-8-12-6-5-7-20(4)9-12/h12,18H,5-11H2,1-4H3,(H,19,21). The van der Waals surface area contributed by atoms with Gasteiger partial charge >= 0.3 is 6.09 Å². The highest BCUT2D eigenvalue weighted by Gasteiger charge is 2.30. The van der Waals surface area contributed by atoms with E-state index in [-0.39, 0.29) is 0 Å². The third-order valence-corrected chi connectivity index (χ3v) is 3.43. The summed E-state index contributed by atoms with van der Waals surface area (Å²) in [5, 5.41) is 4.93. The molecule has 1 saturated heterocycles. The molecule has 1 atom stereocenters. The van der Waals surface area contributed by atoms with E-state index in [1.807, 2.05) is 7.05 Å². The first-order valence-electron chi connectivity index (χ1n) is 7.81. The molecule has 0 aromatic rings. The number of alkyl carbamates (subject to hydrolysis) is 1. The van der Waals surface area contributed by atoms with Crippen LogP contribution in [0.3, 0.4) is 0 Å². The molecule has 1 amide bonds. The Hall–Kier alpha value is -0.950. The summed E-state index contributed by atoms with van der Waals surface area (Å²) in [6.07, 6.45) is 1.36. The summed E-state index contributed by atoms with van der Waals surface area (Å²) in [6, 6.07) is 0. The van der Waals surface area contributed by atoms with Crippen molar-refractivity contribution in [2.75, 3.05) is 39.8 Å². The molecule has 1 unspecified atom stereocenters. The summed E-state index contributed by atoms with van der Waals surface area (Å²) in [5.74, 6) is -2.58. The fraction of sp³-hybridized carbons (Fsp3) is 0.933. The van der Waals surface area contributed by atoms with Gasteiger partial charge in [-0.25, -0.2) is 13.6 Å². The van der Waals surface area contributed by atoms with E-state index in [1.54, 1.807) is 20.8 Å². The van der Waals surface area contributed by atoms with Gasteiger partial charge in [-0.2, -0.15) is 0 Å². The van der Waals surface area contributed by atoms with Crippen molar-refractivity contribution >= 4 is 6.09 Å². The number of hydrogen-bond acceptors (Lipinski definition) is 4. The van der Waals surface area contributed by atoms with Crippen LogP contribution in [0.25, 0.3) is 0 Å². The van der Waals surface area contributed by atoms with E-state index >= 15 is 0 Å². The molecule has 1 aliphatic heterocycles. The van der Waals surface area contributed by atoms with Gasteiger partial charge in [0, 0.05) is 6.54 Å². The monoisotopic (exact) mass is 321 g/mol. The number of piperidine rings is 1. The molecule has 5 nitrogen and oxygen atoms in total. The summed E-state index contributed by atoms with van der Waals surface area (Å²) < 4.78 is 32.3. The molecule has 0 spiro atoms. The summed E-state index contributed by atoms with van der Waals surface area (Å²) in [5.41, 5.74) is -0.690. The van der Waals surface area contributed by atoms with Crippen molar-refractivity contribution in [3.8, 4) is 0 Å². The van der Waals surface area contributed by atoms with Gasteiger partial charge in [-0.15, -0.1) is 0 Å². The molecule has 0 radical (unpaired) electrons. The zero-order chi connectivity index (χ0) is 16.8. The molecule has 0 saturated carbocycles. The van der Waals surface area contributed by atoms with Crippen molar-refractivity contribution in [3.63, 3.8) is 0 Å². The fourth-order valence-corrected chi connectivity index (χ4v) is 2.48. The summed E-state index contributed by atoms with van der Waals surface area (Å²) >= 11 is 0. The number of halogens is 2. The van der Waals surface area contributed by atoms with Crippen LogP contribution in [0.2, 0.25) is 0 Å².